The first-order valence-electron chi connectivity index (χ1n) is 8.55. The van der Waals surface area contributed by atoms with Crippen molar-refractivity contribution in [2.24, 2.45) is 11.8 Å². The van der Waals surface area contributed by atoms with Crippen molar-refractivity contribution in [2.75, 3.05) is 12.0 Å². The highest BCUT2D eigenvalue weighted by molar-refractivity contribution is 7.22. The maximum absolute atomic E-state index is 6.08. The van der Waals surface area contributed by atoms with Crippen LogP contribution in [0.4, 0.5) is 5.13 Å². The highest BCUT2D eigenvalue weighted by Crippen LogP contribution is 2.50. The normalized spacial score (nSPS) is 33.8. The summed E-state index contributed by atoms with van der Waals surface area (Å²) in [7, 11) is 0. The highest BCUT2D eigenvalue weighted by atomic mass is 32.1. The van der Waals surface area contributed by atoms with Gasteiger partial charge in [0.2, 0.25) is 0 Å². The molecule has 23 heavy (non-hydrogen) atoms. The minimum Gasteiger partial charge on any atom is -0.279 e. The van der Waals surface area contributed by atoms with E-state index in [0.717, 1.165) is 23.1 Å². The van der Waals surface area contributed by atoms with E-state index in [4.69, 9.17) is 4.84 Å². The molecule has 1 saturated heterocycles. The molecule has 2 bridgehead atoms. The lowest BCUT2D eigenvalue weighted by Crippen LogP contribution is -2.50. The largest absolute Gasteiger partial charge is 0.279 e. The summed E-state index contributed by atoms with van der Waals surface area (Å²) in [6, 6.07) is 6.38. The van der Waals surface area contributed by atoms with Gasteiger partial charge in [0.25, 0.3) is 0 Å². The summed E-state index contributed by atoms with van der Waals surface area (Å²) >= 11 is 1.69. The molecule has 4 aliphatic rings. The molecule has 5 nitrogen and oxygen atoms in total. The van der Waals surface area contributed by atoms with Crippen LogP contribution in [0.5, 0.6) is 0 Å². The second-order valence-corrected chi connectivity index (χ2v) is 8.40. The first kappa shape index (κ1) is 14.2. The standard InChI is InChI=1S/C17H22N4OS/c1-11-2-7-14-15(8-11)23-16(18-14)19-21-10-17(22-20-21)9-12-3-5-13(17)6-4-12/h2,7-8,12-13,20H,3-6,9-10H2,1H3,(H,18,19)/t12?,13?,17-/m0/s1. The van der Waals surface area contributed by atoms with E-state index in [9.17, 15) is 0 Å². The molecule has 122 valence electrons. The van der Waals surface area contributed by atoms with Gasteiger partial charge in [0, 0.05) is 0 Å². The molecule has 3 saturated carbocycles. The molecule has 1 aromatic heterocycles. The van der Waals surface area contributed by atoms with Crippen LogP contribution >= 0.6 is 11.3 Å². The van der Waals surface area contributed by atoms with Gasteiger partial charge in [-0.3, -0.25) is 10.3 Å². The number of anilines is 1. The van der Waals surface area contributed by atoms with Gasteiger partial charge in [-0.1, -0.05) is 17.4 Å². The fourth-order valence-corrected chi connectivity index (χ4v) is 5.57. The Morgan fingerprint density at radius 3 is 3.00 bits per heavy atom. The molecule has 1 spiro atoms. The predicted octanol–water partition coefficient (Wildman–Crippen LogP) is 3.63. The molecule has 6 rings (SSSR count). The molecule has 4 fully saturated rings. The smallest absolute Gasteiger partial charge is 0.199 e. The van der Waals surface area contributed by atoms with Crippen molar-refractivity contribution in [3.05, 3.63) is 23.8 Å². The van der Waals surface area contributed by atoms with Crippen molar-refractivity contribution in [1.82, 2.24) is 15.7 Å². The minimum absolute atomic E-state index is 0.00143. The summed E-state index contributed by atoms with van der Waals surface area (Å²) in [4.78, 5) is 10.8. The number of hydrazine groups is 2. The Balaban J connectivity index is 1.33. The third-order valence-corrected chi connectivity index (χ3v) is 6.71. The topological polar surface area (TPSA) is 49.4 Å². The third kappa shape index (κ3) is 2.36. The lowest BCUT2D eigenvalue weighted by atomic mass is 9.62. The molecule has 1 aromatic carbocycles. The molecule has 0 radical (unpaired) electrons. The van der Waals surface area contributed by atoms with Gasteiger partial charge in [0.15, 0.2) is 5.13 Å². The number of hydrogen-bond acceptors (Lipinski definition) is 6. The van der Waals surface area contributed by atoms with E-state index in [1.165, 1.54) is 42.4 Å². The van der Waals surface area contributed by atoms with E-state index in [1.54, 1.807) is 11.3 Å². The zero-order valence-corrected chi connectivity index (χ0v) is 14.2. The Kier molecular flexibility index (Phi) is 3.17. The number of rotatable bonds is 2. The van der Waals surface area contributed by atoms with Gasteiger partial charge in [0.1, 0.15) is 5.60 Å². The van der Waals surface area contributed by atoms with Gasteiger partial charge in [-0.05, 0) is 68.6 Å². The van der Waals surface area contributed by atoms with Crippen molar-refractivity contribution in [1.29, 1.82) is 0 Å². The Morgan fingerprint density at radius 1 is 1.35 bits per heavy atom. The molecular formula is C17H22N4OS. The minimum atomic E-state index is 0.00143. The average molecular weight is 330 g/mol. The Labute approximate surface area is 139 Å². The molecule has 2 aromatic rings. The van der Waals surface area contributed by atoms with Crippen molar-refractivity contribution in [3.63, 3.8) is 0 Å². The van der Waals surface area contributed by atoms with Crippen LogP contribution < -0.4 is 11.0 Å². The van der Waals surface area contributed by atoms with Gasteiger partial charge < -0.3 is 0 Å². The monoisotopic (exact) mass is 330 g/mol. The lowest BCUT2D eigenvalue weighted by Gasteiger charge is -2.47. The van der Waals surface area contributed by atoms with E-state index >= 15 is 0 Å². The van der Waals surface area contributed by atoms with Crippen molar-refractivity contribution < 1.29 is 4.84 Å². The fraction of sp³-hybridized carbons (Fsp3) is 0.588. The second kappa shape index (κ2) is 5.14. The van der Waals surface area contributed by atoms with Crippen LogP contribution in [-0.4, -0.2) is 22.2 Å². The molecule has 1 aliphatic heterocycles. The molecule has 2 N–H and O–H groups in total. The van der Waals surface area contributed by atoms with E-state index in [0.29, 0.717) is 5.92 Å². The number of thiazole rings is 1. The van der Waals surface area contributed by atoms with Crippen molar-refractivity contribution in [3.8, 4) is 0 Å². The Morgan fingerprint density at radius 2 is 2.22 bits per heavy atom. The Bertz CT molecular complexity index is 739. The zero-order valence-electron chi connectivity index (χ0n) is 13.3. The molecule has 1 atom stereocenters. The maximum atomic E-state index is 6.08. The van der Waals surface area contributed by atoms with Crippen LogP contribution in [-0.2, 0) is 4.84 Å². The summed E-state index contributed by atoms with van der Waals surface area (Å²) in [5.74, 6) is 1.55. The summed E-state index contributed by atoms with van der Waals surface area (Å²) in [5, 5.41) is 2.89. The summed E-state index contributed by atoms with van der Waals surface area (Å²) in [6.45, 7) is 3.01. The number of hydrogen-bond donors (Lipinski definition) is 2. The van der Waals surface area contributed by atoms with Gasteiger partial charge in [-0.25, -0.2) is 4.98 Å². The number of nitrogens with one attached hydrogen (secondary N) is 2. The fourth-order valence-electron chi connectivity index (χ4n) is 4.60. The maximum Gasteiger partial charge on any atom is 0.199 e. The SMILES string of the molecule is Cc1ccc2nc(NN3C[C@]4(CC5CCC4CC5)ON3)sc2c1. The quantitative estimate of drug-likeness (QED) is 0.880. The van der Waals surface area contributed by atoms with E-state index in [2.05, 4.69) is 41.1 Å². The van der Waals surface area contributed by atoms with Crippen LogP contribution in [0.1, 0.15) is 37.7 Å². The van der Waals surface area contributed by atoms with Crippen LogP contribution in [0, 0.1) is 18.8 Å². The van der Waals surface area contributed by atoms with Gasteiger partial charge in [-0.2, -0.15) is 0 Å². The number of benzene rings is 1. The lowest BCUT2D eigenvalue weighted by molar-refractivity contribution is -0.146. The van der Waals surface area contributed by atoms with E-state index < -0.39 is 0 Å². The number of aryl methyl sites for hydroxylation is 1. The number of nitrogens with zero attached hydrogens (tertiary/aromatic N) is 2. The summed E-state index contributed by atoms with van der Waals surface area (Å²) in [6.07, 6.45) is 6.62. The van der Waals surface area contributed by atoms with Crippen LogP contribution in [0.25, 0.3) is 10.2 Å². The van der Waals surface area contributed by atoms with Gasteiger partial charge >= 0.3 is 0 Å². The zero-order chi connectivity index (χ0) is 15.4. The van der Waals surface area contributed by atoms with Crippen LogP contribution in [0.2, 0.25) is 0 Å². The Hall–Kier alpha value is -1.21. The van der Waals surface area contributed by atoms with Crippen molar-refractivity contribution in [2.45, 2.75) is 44.6 Å². The van der Waals surface area contributed by atoms with E-state index in [1.807, 2.05) is 5.12 Å². The molecular weight excluding hydrogens is 308 g/mol. The van der Waals surface area contributed by atoms with Crippen LogP contribution in [0.15, 0.2) is 18.2 Å². The summed E-state index contributed by atoms with van der Waals surface area (Å²) in [5.41, 5.74) is 8.80. The van der Waals surface area contributed by atoms with Gasteiger partial charge in [-0.15, -0.1) is 10.7 Å². The van der Waals surface area contributed by atoms with Crippen molar-refractivity contribution >= 4 is 26.7 Å². The molecule has 0 amide bonds. The third-order valence-electron chi connectivity index (χ3n) is 5.78. The first-order chi connectivity index (χ1) is 11.2. The highest BCUT2D eigenvalue weighted by Gasteiger charge is 2.53. The number of fused-ring (bicyclic) bond motifs is 3. The molecule has 0 unspecified atom stereocenters. The molecule has 3 aliphatic carbocycles. The number of aromatic nitrogens is 1. The molecule has 6 heteroatoms. The second-order valence-electron chi connectivity index (χ2n) is 7.37. The average Bonchev–Trinajstić information content (AvgIpc) is 3.12. The summed E-state index contributed by atoms with van der Waals surface area (Å²) < 4.78 is 1.22. The first-order valence-corrected chi connectivity index (χ1v) is 9.37. The predicted molar refractivity (Wildman–Crippen MR) is 91.7 cm³/mol. The molecule has 2 heterocycles. The van der Waals surface area contributed by atoms with Gasteiger partial charge in [0.05, 0.1) is 16.8 Å². The van der Waals surface area contributed by atoms with Crippen LogP contribution in [0.3, 0.4) is 0 Å². The van der Waals surface area contributed by atoms with E-state index in [-0.39, 0.29) is 5.60 Å².